The Labute approximate surface area is 174 Å². The van der Waals surface area contributed by atoms with E-state index in [2.05, 4.69) is 39.8 Å². The number of rotatable bonds is 5. The molecule has 3 atom stereocenters. The largest absolute Gasteiger partial charge is 0.379 e. The maximum absolute atomic E-state index is 12.7. The molecule has 1 aromatic carbocycles. The first-order chi connectivity index (χ1) is 13.3. The third kappa shape index (κ3) is 5.17. The first-order valence-corrected chi connectivity index (χ1v) is 10.4. The van der Waals surface area contributed by atoms with Crippen molar-refractivity contribution in [2.24, 2.45) is 5.92 Å². The van der Waals surface area contributed by atoms with Crippen LogP contribution in [0.1, 0.15) is 19.3 Å². The highest BCUT2D eigenvalue weighted by Gasteiger charge is 2.35. The van der Waals surface area contributed by atoms with Crippen LogP contribution in [0.15, 0.2) is 30.3 Å². The fraction of sp³-hybridized carbons (Fsp3) is 0.667. The summed E-state index contributed by atoms with van der Waals surface area (Å²) < 4.78 is 5.64. The fourth-order valence-electron chi connectivity index (χ4n) is 4.77. The molecular formula is C21H33ClN4O2. The Kier molecular flexibility index (Phi) is 7.97. The second kappa shape index (κ2) is 10.4. The Balaban J connectivity index is 0.00000225. The summed E-state index contributed by atoms with van der Waals surface area (Å²) in [5.41, 5.74) is 1.25. The molecule has 0 aromatic heterocycles. The van der Waals surface area contributed by atoms with Gasteiger partial charge in [0.15, 0.2) is 0 Å². The number of piperazine rings is 1. The van der Waals surface area contributed by atoms with Crippen molar-refractivity contribution in [1.29, 1.82) is 0 Å². The molecule has 1 saturated carbocycles. The molecule has 2 aliphatic heterocycles. The highest BCUT2D eigenvalue weighted by Crippen LogP contribution is 2.29. The van der Waals surface area contributed by atoms with E-state index in [1.54, 1.807) is 0 Å². The van der Waals surface area contributed by atoms with Gasteiger partial charge in [-0.25, -0.2) is 0 Å². The van der Waals surface area contributed by atoms with Crippen LogP contribution in [-0.4, -0.2) is 75.4 Å². The molecule has 3 aliphatic rings. The van der Waals surface area contributed by atoms with Gasteiger partial charge < -0.3 is 25.2 Å². The molecule has 3 unspecified atom stereocenters. The van der Waals surface area contributed by atoms with Gasteiger partial charge in [0.05, 0.1) is 19.8 Å². The second-order valence-electron chi connectivity index (χ2n) is 7.92. The van der Waals surface area contributed by atoms with Gasteiger partial charge in [-0.15, -0.1) is 12.4 Å². The number of benzene rings is 1. The molecule has 0 radical (unpaired) electrons. The number of carbonyl (C=O) groups excluding carboxylic acids is 1. The van der Waals surface area contributed by atoms with E-state index in [9.17, 15) is 4.79 Å². The van der Waals surface area contributed by atoms with Gasteiger partial charge in [0.2, 0.25) is 5.91 Å². The quantitative estimate of drug-likeness (QED) is 0.773. The Morgan fingerprint density at radius 2 is 1.93 bits per heavy atom. The number of hydrogen-bond donors (Lipinski definition) is 2. The highest BCUT2D eigenvalue weighted by atomic mass is 35.5. The SMILES string of the molecule is Cl.O=C(CNC1CCCC1C1COCCN1)N1CCN(c2ccccc2)CC1. The number of amides is 1. The van der Waals surface area contributed by atoms with Crippen LogP contribution in [0.3, 0.4) is 0 Å². The average Bonchev–Trinajstić information content (AvgIpc) is 3.22. The zero-order chi connectivity index (χ0) is 18.5. The molecule has 0 spiro atoms. The smallest absolute Gasteiger partial charge is 0.236 e. The lowest BCUT2D eigenvalue weighted by molar-refractivity contribution is -0.130. The monoisotopic (exact) mass is 408 g/mol. The summed E-state index contributed by atoms with van der Waals surface area (Å²) in [4.78, 5) is 17.1. The minimum Gasteiger partial charge on any atom is -0.379 e. The standard InChI is InChI=1S/C21H32N4O2.ClH/c26-21(25-12-10-24(11-13-25)17-5-2-1-3-6-17)15-23-19-8-4-7-18(19)20-16-27-14-9-22-20;/h1-3,5-6,18-20,22-23H,4,7-16H2;1H. The van der Waals surface area contributed by atoms with Gasteiger partial charge in [0, 0.05) is 50.5 Å². The average molecular weight is 409 g/mol. The highest BCUT2D eigenvalue weighted by molar-refractivity contribution is 5.85. The molecule has 2 saturated heterocycles. The van der Waals surface area contributed by atoms with Gasteiger partial charge >= 0.3 is 0 Å². The molecule has 3 fully saturated rings. The van der Waals surface area contributed by atoms with E-state index in [1.165, 1.54) is 18.5 Å². The number of anilines is 1. The van der Waals surface area contributed by atoms with Crippen LogP contribution in [0, 0.1) is 5.92 Å². The minimum atomic E-state index is 0. The Hall–Kier alpha value is -1.34. The first-order valence-electron chi connectivity index (χ1n) is 10.4. The van der Waals surface area contributed by atoms with E-state index in [0.717, 1.165) is 52.4 Å². The van der Waals surface area contributed by atoms with Crippen molar-refractivity contribution >= 4 is 24.0 Å². The number of morpholine rings is 1. The van der Waals surface area contributed by atoms with Crippen molar-refractivity contribution in [1.82, 2.24) is 15.5 Å². The molecular weight excluding hydrogens is 376 g/mol. The lowest BCUT2D eigenvalue weighted by Gasteiger charge is -2.37. The normalized spacial score (nSPS) is 28.1. The fourth-order valence-corrected chi connectivity index (χ4v) is 4.77. The summed E-state index contributed by atoms with van der Waals surface area (Å²) in [5, 5.41) is 7.17. The lowest BCUT2D eigenvalue weighted by Crippen LogP contribution is -2.54. The molecule has 1 amide bonds. The predicted molar refractivity (Wildman–Crippen MR) is 114 cm³/mol. The van der Waals surface area contributed by atoms with Crippen LogP contribution >= 0.6 is 12.4 Å². The summed E-state index contributed by atoms with van der Waals surface area (Å²) in [6.07, 6.45) is 3.63. The van der Waals surface area contributed by atoms with Crippen molar-refractivity contribution in [3.05, 3.63) is 30.3 Å². The summed E-state index contributed by atoms with van der Waals surface area (Å²) in [6.45, 7) is 6.45. The minimum absolute atomic E-state index is 0. The Bertz CT molecular complexity index is 604. The molecule has 1 aromatic rings. The molecule has 6 nitrogen and oxygen atoms in total. The Morgan fingerprint density at radius 3 is 2.64 bits per heavy atom. The topological polar surface area (TPSA) is 56.8 Å². The number of halogens is 1. The summed E-state index contributed by atoms with van der Waals surface area (Å²) in [7, 11) is 0. The van der Waals surface area contributed by atoms with Crippen molar-refractivity contribution in [2.75, 3.05) is 57.4 Å². The van der Waals surface area contributed by atoms with E-state index < -0.39 is 0 Å². The predicted octanol–water partition coefficient (Wildman–Crippen LogP) is 1.50. The lowest BCUT2D eigenvalue weighted by atomic mass is 9.94. The van der Waals surface area contributed by atoms with Crippen molar-refractivity contribution in [2.45, 2.75) is 31.3 Å². The van der Waals surface area contributed by atoms with E-state index in [1.807, 2.05) is 11.0 Å². The van der Waals surface area contributed by atoms with Crippen LogP contribution in [0.4, 0.5) is 5.69 Å². The zero-order valence-electron chi connectivity index (χ0n) is 16.5. The number of nitrogens with one attached hydrogen (secondary N) is 2. The molecule has 7 heteroatoms. The van der Waals surface area contributed by atoms with Gasteiger partial charge in [-0.05, 0) is 30.9 Å². The maximum Gasteiger partial charge on any atom is 0.236 e. The van der Waals surface area contributed by atoms with E-state index in [4.69, 9.17) is 4.74 Å². The maximum atomic E-state index is 12.7. The number of ether oxygens (including phenoxy) is 1. The molecule has 28 heavy (non-hydrogen) atoms. The molecule has 156 valence electrons. The van der Waals surface area contributed by atoms with Crippen molar-refractivity contribution in [3.63, 3.8) is 0 Å². The zero-order valence-corrected chi connectivity index (χ0v) is 17.3. The molecule has 1 aliphatic carbocycles. The van der Waals surface area contributed by atoms with Crippen LogP contribution in [0.25, 0.3) is 0 Å². The summed E-state index contributed by atoms with van der Waals surface area (Å²) in [6, 6.07) is 11.3. The summed E-state index contributed by atoms with van der Waals surface area (Å²) in [5.74, 6) is 0.814. The van der Waals surface area contributed by atoms with Crippen LogP contribution in [0.2, 0.25) is 0 Å². The van der Waals surface area contributed by atoms with E-state index in [0.29, 0.717) is 24.5 Å². The number of hydrogen-bond acceptors (Lipinski definition) is 5. The number of nitrogens with zero attached hydrogens (tertiary/aromatic N) is 2. The molecule has 4 rings (SSSR count). The van der Waals surface area contributed by atoms with Crippen molar-refractivity contribution < 1.29 is 9.53 Å². The van der Waals surface area contributed by atoms with E-state index in [-0.39, 0.29) is 18.3 Å². The first kappa shape index (κ1) is 21.4. The number of para-hydroxylation sites is 1. The van der Waals surface area contributed by atoms with E-state index >= 15 is 0 Å². The third-order valence-electron chi connectivity index (χ3n) is 6.31. The van der Waals surface area contributed by atoms with Crippen LogP contribution in [-0.2, 0) is 9.53 Å². The van der Waals surface area contributed by atoms with Gasteiger partial charge in [-0.3, -0.25) is 4.79 Å². The van der Waals surface area contributed by atoms with Crippen LogP contribution < -0.4 is 15.5 Å². The van der Waals surface area contributed by atoms with Gasteiger partial charge in [-0.1, -0.05) is 24.6 Å². The van der Waals surface area contributed by atoms with Crippen molar-refractivity contribution in [3.8, 4) is 0 Å². The number of carbonyl (C=O) groups is 1. The molecule has 0 bridgehead atoms. The van der Waals surface area contributed by atoms with Crippen LogP contribution in [0.5, 0.6) is 0 Å². The molecule has 2 N–H and O–H groups in total. The summed E-state index contributed by atoms with van der Waals surface area (Å²) >= 11 is 0. The van der Waals surface area contributed by atoms with Gasteiger partial charge in [-0.2, -0.15) is 0 Å². The second-order valence-corrected chi connectivity index (χ2v) is 7.92. The van der Waals surface area contributed by atoms with Gasteiger partial charge in [0.25, 0.3) is 0 Å². The van der Waals surface area contributed by atoms with Gasteiger partial charge in [0.1, 0.15) is 0 Å². The Morgan fingerprint density at radius 1 is 1.14 bits per heavy atom. The molecule has 2 heterocycles. The third-order valence-corrected chi connectivity index (χ3v) is 6.31.